The second-order valence-electron chi connectivity index (χ2n) is 12.6. The van der Waals surface area contributed by atoms with Crippen molar-refractivity contribution in [3.05, 3.63) is 129 Å². The van der Waals surface area contributed by atoms with Crippen molar-refractivity contribution < 1.29 is 8.78 Å². The molecule has 2 aliphatic rings. The zero-order chi connectivity index (χ0) is 32.7. The first-order valence-electron chi connectivity index (χ1n) is 14.9. The van der Waals surface area contributed by atoms with Gasteiger partial charge in [-0.3, -0.25) is 0 Å². The average Bonchev–Trinajstić information content (AvgIpc) is 3.02. The molecule has 5 aromatic rings. The monoisotopic (exact) mass is 641 g/mol. The van der Waals surface area contributed by atoms with Gasteiger partial charge in [0.05, 0.1) is 34.5 Å². The Hall–Kier alpha value is -4.56. The van der Waals surface area contributed by atoms with Gasteiger partial charge in [0.1, 0.15) is 0 Å². The van der Waals surface area contributed by atoms with E-state index in [0.29, 0.717) is 4.90 Å². The lowest BCUT2D eigenvalue weighted by Gasteiger charge is -2.44. The van der Waals surface area contributed by atoms with E-state index >= 15 is 4.39 Å². The van der Waals surface area contributed by atoms with Gasteiger partial charge in [-0.05, 0) is 85.3 Å². The van der Waals surface area contributed by atoms with Gasteiger partial charge in [-0.2, -0.15) is 5.26 Å². The van der Waals surface area contributed by atoms with Gasteiger partial charge in [0, 0.05) is 25.8 Å². The Morgan fingerprint density at radius 1 is 0.739 bits per heavy atom. The van der Waals surface area contributed by atoms with Crippen molar-refractivity contribution in [2.24, 2.45) is 0 Å². The first kappa shape index (κ1) is 30.1. The standard InChI is InChI=1S/C39H29F2N3S2/c1-20-14-22(3)35-28(16-20)39(5,6)29-17-21(2)15-23(4)36(29)44(35)26-11-8-24(9-12-26)25-10-13-30-31(18-25)46-38-33(41)32(40)34(43-7)27(19-42)37(38)45-30/h8-18H,1-6H3. The summed E-state index contributed by atoms with van der Waals surface area (Å²) >= 11 is 2.30. The van der Waals surface area contributed by atoms with E-state index in [1.807, 2.05) is 24.3 Å². The molecule has 0 radical (unpaired) electrons. The van der Waals surface area contributed by atoms with E-state index in [0.717, 1.165) is 38.4 Å². The van der Waals surface area contributed by atoms with Crippen LogP contribution in [0.25, 0.3) is 16.0 Å². The fourth-order valence-electron chi connectivity index (χ4n) is 6.89. The second-order valence-corrected chi connectivity index (χ2v) is 14.7. The summed E-state index contributed by atoms with van der Waals surface area (Å²) in [5.41, 5.74) is 12.2. The van der Waals surface area contributed by atoms with E-state index in [9.17, 15) is 9.65 Å². The number of fused-ring (bicyclic) bond motifs is 4. The average molecular weight is 642 g/mol. The molecule has 0 saturated heterocycles. The van der Waals surface area contributed by atoms with Crippen LogP contribution in [0.5, 0.6) is 0 Å². The van der Waals surface area contributed by atoms with Crippen LogP contribution < -0.4 is 4.90 Å². The van der Waals surface area contributed by atoms with Gasteiger partial charge in [0.15, 0.2) is 11.6 Å². The smallest absolute Gasteiger partial charge is 0.243 e. The van der Waals surface area contributed by atoms with Crippen molar-refractivity contribution in [2.75, 3.05) is 4.90 Å². The first-order chi connectivity index (χ1) is 21.9. The molecule has 0 amide bonds. The number of rotatable bonds is 2. The van der Waals surface area contributed by atoms with Crippen molar-refractivity contribution in [1.82, 2.24) is 0 Å². The highest BCUT2D eigenvalue weighted by molar-refractivity contribution is 8.05. The maximum absolute atomic E-state index is 15.1. The van der Waals surface area contributed by atoms with Gasteiger partial charge < -0.3 is 4.90 Å². The maximum Gasteiger partial charge on any atom is 0.243 e. The Morgan fingerprint density at radius 3 is 1.87 bits per heavy atom. The van der Waals surface area contributed by atoms with Gasteiger partial charge in [-0.1, -0.05) is 91.0 Å². The topological polar surface area (TPSA) is 31.4 Å². The number of nitriles is 1. The molecule has 0 spiro atoms. The van der Waals surface area contributed by atoms with Gasteiger partial charge in [-0.25, -0.2) is 13.6 Å². The fraction of sp³-hybridized carbons (Fsp3) is 0.179. The molecule has 226 valence electrons. The molecule has 0 aromatic heterocycles. The molecule has 0 unspecified atom stereocenters. The summed E-state index contributed by atoms with van der Waals surface area (Å²) in [6, 6.07) is 25.5. The van der Waals surface area contributed by atoms with E-state index in [4.69, 9.17) is 6.57 Å². The summed E-state index contributed by atoms with van der Waals surface area (Å²) in [5, 5.41) is 9.66. The number of nitrogens with zero attached hydrogens (tertiary/aromatic N) is 3. The summed E-state index contributed by atoms with van der Waals surface area (Å²) in [4.78, 5) is 7.45. The quantitative estimate of drug-likeness (QED) is 0.176. The Labute approximate surface area is 276 Å². The molecule has 5 aromatic carbocycles. The molecule has 7 rings (SSSR count). The second kappa shape index (κ2) is 10.8. The molecule has 0 atom stereocenters. The lowest BCUT2D eigenvalue weighted by atomic mass is 9.71. The van der Waals surface area contributed by atoms with Gasteiger partial charge >= 0.3 is 0 Å². The third-order valence-electron chi connectivity index (χ3n) is 9.00. The van der Waals surface area contributed by atoms with E-state index in [-0.39, 0.29) is 15.9 Å². The van der Waals surface area contributed by atoms with Crippen molar-refractivity contribution in [2.45, 2.75) is 66.5 Å². The van der Waals surface area contributed by atoms with Crippen molar-refractivity contribution >= 4 is 46.3 Å². The van der Waals surface area contributed by atoms with Gasteiger partial charge in [-0.15, -0.1) is 0 Å². The minimum Gasteiger partial charge on any atom is -0.309 e. The number of hydrogen-bond donors (Lipinski definition) is 0. The van der Waals surface area contributed by atoms with Gasteiger partial charge in [0.2, 0.25) is 5.69 Å². The van der Waals surface area contributed by atoms with Crippen molar-refractivity contribution in [1.29, 1.82) is 5.26 Å². The molecule has 7 heteroatoms. The number of benzene rings is 5. The third kappa shape index (κ3) is 4.45. The number of anilines is 3. The van der Waals surface area contributed by atoms with Gasteiger partial charge in [0.25, 0.3) is 0 Å². The summed E-state index contributed by atoms with van der Waals surface area (Å²) < 4.78 is 29.8. The third-order valence-corrected chi connectivity index (χ3v) is 11.6. The largest absolute Gasteiger partial charge is 0.309 e. The molecular weight excluding hydrogens is 613 g/mol. The maximum atomic E-state index is 15.1. The van der Waals surface area contributed by atoms with Crippen molar-refractivity contribution in [3.8, 4) is 17.2 Å². The predicted molar refractivity (Wildman–Crippen MR) is 183 cm³/mol. The molecule has 0 fully saturated rings. The van der Waals surface area contributed by atoms with Crippen LogP contribution in [-0.4, -0.2) is 0 Å². The summed E-state index contributed by atoms with van der Waals surface area (Å²) in [5.74, 6) is -2.35. The lowest BCUT2D eigenvalue weighted by molar-refractivity contribution is 0.489. The molecule has 0 aliphatic carbocycles. The highest BCUT2D eigenvalue weighted by Crippen LogP contribution is 2.56. The Bertz CT molecular complexity index is 2160. The number of halogens is 2. The van der Waals surface area contributed by atoms with Crippen molar-refractivity contribution in [3.63, 3.8) is 0 Å². The molecule has 0 saturated carbocycles. The van der Waals surface area contributed by atoms with Crippen LogP contribution in [0.2, 0.25) is 0 Å². The predicted octanol–water partition coefficient (Wildman–Crippen LogP) is 12.0. The van der Waals surface area contributed by atoms with Crippen LogP contribution >= 0.6 is 23.5 Å². The molecule has 46 heavy (non-hydrogen) atoms. The Kier molecular flexibility index (Phi) is 7.05. The van der Waals surface area contributed by atoms with E-state index in [1.165, 1.54) is 56.5 Å². The zero-order valence-electron chi connectivity index (χ0n) is 26.3. The van der Waals surface area contributed by atoms with Crippen LogP contribution in [0.3, 0.4) is 0 Å². The highest BCUT2D eigenvalue weighted by Gasteiger charge is 2.39. The van der Waals surface area contributed by atoms with Crippen LogP contribution in [0.1, 0.15) is 52.8 Å². The SMILES string of the molecule is [C-]#[N+]c1c(F)c(F)c2c(c1C#N)Sc1ccc(-c3ccc(N4c5c(C)cc(C)cc5C(C)(C)c5cc(C)cc(C)c54)cc3)cc1S2. The van der Waals surface area contributed by atoms with E-state index in [1.54, 1.807) is 0 Å². The van der Waals surface area contributed by atoms with Crippen LogP contribution in [0, 0.1) is 57.2 Å². The molecule has 2 aliphatic heterocycles. The molecule has 0 N–H and O–H groups in total. The van der Waals surface area contributed by atoms with E-state index in [2.05, 4.69) is 99.8 Å². The van der Waals surface area contributed by atoms with Crippen LogP contribution in [-0.2, 0) is 5.41 Å². The Balaban J connectivity index is 1.30. The summed E-state index contributed by atoms with van der Waals surface area (Å²) in [6.07, 6.45) is 0. The molecular formula is C39H29F2N3S2. The number of aryl methyl sites for hydroxylation is 4. The number of hydrogen-bond acceptors (Lipinski definition) is 4. The molecule has 0 bridgehead atoms. The summed E-state index contributed by atoms with van der Waals surface area (Å²) in [7, 11) is 0. The lowest BCUT2D eigenvalue weighted by Crippen LogP contribution is -2.32. The minimum atomic E-state index is -1.27. The molecule has 2 heterocycles. The summed E-state index contributed by atoms with van der Waals surface area (Å²) in [6.45, 7) is 20.6. The van der Waals surface area contributed by atoms with Crippen LogP contribution in [0.15, 0.2) is 86.3 Å². The zero-order valence-corrected chi connectivity index (χ0v) is 27.9. The Morgan fingerprint density at radius 2 is 1.30 bits per heavy atom. The highest BCUT2D eigenvalue weighted by atomic mass is 32.2. The fourth-order valence-corrected chi connectivity index (χ4v) is 9.28. The normalized spacial score (nSPS) is 14.0. The first-order valence-corrected chi connectivity index (χ1v) is 16.5. The van der Waals surface area contributed by atoms with E-state index < -0.39 is 17.3 Å². The minimum absolute atomic E-state index is 0.0491. The molecule has 3 nitrogen and oxygen atoms in total. The van der Waals surface area contributed by atoms with Crippen LogP contribution in [0.4, 0.5) is 31.5 Å².